The number of hydrogen-bond donors (Lipinski definition) is 1. The average molecular weight is 307 g/mol. The van der Waals surface area contributed by atoms with Crippen molar-refractivity contribution in [2.45, 2.75) is 32.6 Å². The molecule has 96 valence electrons. The van der Waals surface area contributed by atoms with Gasteiger partial charge in [-0.25, -0.2) is 0 Å². The van der Waals surface area contributed by atoms with Gasteiger partial charge in [0, 0.05) is 11.0 Å². The Kier molecular flexibility index (Phi) is 4.66. The molecule has 1 fully saturated rings. The van der Waals surface area contributed by atoms with Crippen molar-refractivity contribution in [3.63, 3.8) is 0 Å². The van der Waals surface area contributed by atoms with E-state index in [1.54, 1.807) is 0 Å². The Balaban J connectivity index is 1.94. The van der Waals surface area contributed by atoms with Crippen LogP contribution in [0.1, 0.15) is 38.2 Å². The van der Waals surface area contributed by atoms with Gasteiger partial charge in [-0.3, -0.25) is 0 Å². The fourth-order valence-corrected chi connectivity index (χ4v) is 2.91. The second-order valence-electron chi connectivity index (χ2n) is 5.31. The minimum atomic E-state index is 0.724. The number of nitrogens with zero attached hydrogens (tertiary/aromatic N) is 1. The highest BCUT2D eigenvalue weighted by Crippen LogP contribution is 2.29. The maximum absolute atomic E-state index is 9.08. The highest BCUT2D eigenvalue weighted by atomic mass is 79.9. The molecule has 1 aliphatic carbocycles. The molecular weight excluding hydrogens is 288 g/mol. The van der Waals surface area contributed by atoms with Crippen molar-refractivity contribution < 1.29 is 0 Å². The lowest BCUT2D eigenvalue weighted by Crippen LogP contribution is -2.20. The molecule has 3 heteroatoms. The molecule has 1 aliphatic rings. The predicted octanol–water partition coefficient (Wildman–Crippen LogP) is 4.56. The lowest BCUT2D eigenvalue weighted by atomic mass is 9.83. The van der Waals surface area contributed by atoms with Crippen LogP contribution in [0.15, 0.2) is 22.7 Å². The summed E-state index contributed by atoms with van der Waals surface area (Å²) in [6.45, 7) is 3.32. The van der Waals surface area contributed by atoms with Crippen molar-refractivity contribution in [2.24, 2.45) is 11.8 Å². The van der Waals surface area contributed by atoms with Gasteiger partial charge in [-0.05, 0) is 42.9 Å². The van der Waals surface area contributed by atoms with E-state index in [-0.39, 0.29) is 0 Å². The molecule has 0 bridgehead atoms. The van der Waals surface area contributed by atoms with Gasteiger partial charge in [0.25, 0.3) is 0 Å². The highest BCUT2D eigenvalue weighted by Gasteiger charge is 2.18. The van der Waals surface area contributed by atoms with E-state index >= 15 is 0 Å². The van der Waals surface area contributed by atoms with E-state index in [1.165, 1.54) is 25.7 Å². The van der Waals surface area contributed by atoms with E-state index in [2.05, 4.69) is 34.2 Å². The van der Waals surface area contributed by atoms with E-state index in [1.807, 2.05) is 18.2 Å². The third-order valence-electron chi connectivity index (χ3n) is 3.82. The maximum atomic E-state index is 9.08. The van der Waals surface area contributed by atoms with Crippen LogP contribution in [0.5, 0.6) is 0 Å². The molecular formula is C15H19BrN2. The van der Waals surface area contributed by atoms with Crippen molar-refractivity contribution in [1.29, 1.82) is 5.26 Å². The molecule has 0 unspecified atom stereocenters. The molecule has 18 heavy (non-hydrogen) atoms. The molecule has 0 spiro atoms. The summed E-state index contributed by atoms with van der Waals surface area (Å²) in [5.74, 6) is 1.65. The van der Waals surface area contributed by atoms with E-state index < -0.39 is 0 Å². The van der Waals surface area contributed by atoms with Crippen LogP contribution in [0.25, 0.3) is 0 Å². The van der Waals surface area contributed by atoms with Crippen LogP contribution in [-0.4, -0.2) is 6.54 Å². The number of nitriles is 1. The number of nitrogens with one attached hydrogen (secondary N) is 1. The predicted molar refractivity (Wildman–Crippen MR) is 78.5 cm³/mol. The van der Waals surface area contributed by atoms with Gasteiger partial charge in [-0.2, -0.15) is 5.26 Å². The zero-order valence-corrected chi connectivity index (χ0v) is 12.3. The third kappa shape index (κ3) is 3.49. The van der Waals surface area contributed by atoms with Crippen LogP contribution in [0.2, 0.25) is 0 Å². The van der Waals surface area contributed by atoms with E-state index in [4.69, 9.17) is 5.26 Å². The van der Waals surface area contributed by atoms with Gasteiger partial charge in [0.05, 0.1) is 11.3 Å². The van der Waals surface area contributed by atoms with Crippen molar-refractivity contribution >= 4 is 21.6 Å². The van der Waals surface area contributed by atoms with Gasteiger partial charge in [0.2, 0.25) is 0 Å². The van der Waals surface area contributed by atoms with Gasteiger partial charge < -0.3 is 5.32 Å². The van der Waals surface area contributed by atoms with Gasteiger partial charge in [-0.1, -0.05) is 35.7 Å². The number of halogens is 1. The Hall–Kier alpha value is -1.01. The zero-order chi connectivity index (χ0) is 13.0. The first-order chi connectivity index (χ1) is 8.69. The lowest BCUT2D eigenvalue weighted by molar-refractivity contribution is 0.300. The van der Waals surface area contributed by atoms with Crippen LogP contribution in [-0.2, 0) is 0 Å². The summed E-state index contributed by atoms with van der Waals surface area (Å²) in [7, 11) is 0. The SMILES string of the molecule is CC1CCC(CNc2cc(Br)ccc2C#N)CC1. The van der Waals surface area contributed by atoms with Crippen LogP contribution >= 0.6 is 15.9 Å². The average Bonchev–Trinajstić information content (AvgIpc) is 2.38. The molecule has 0 radical (unpaired) electrons. The minimum absolute atomic E-state index is 0.724. The van der Waals surface area contributed by atoms with Gasteiger partial charge in [0.1, 0.15) is 6.07 Å². The Morgan fingerprint density at radius 2 is 2.06 bits per heavy atom. The van der Waals surface area contributed by atoms with Crippen molar-refractivity contribution in [2.75, 3.05) is 11.9 Å². The molecule has 0 aliphatic heterocycles. The molecule has 2 nitrogen and oxygen atoms in total. The fraction of sp³-hybridized carbons (Fsp3) is 0.533. The summed E-state index contributed by atoms with van der Waals surface area (Å²) in [5.41, 5.74) is 1.67. The maximum Gasteiger partial charge on any atom is 0.101 e. The first kappa shape index (κ1) is 13.4. The Morgan fingerprint density at radius 1 is 1.33 bits per heavy atom. The number of anilines is 1. The topological polar surface area (TPSA) is 35.8 Å². The third-order valence-corrected chi connectivity index (χ3v) is 4.31. The molecule has 0 aromatic heterocycles. The molecule has 1 N–H and O–H groups in total. The quantitative estimate of drug-likeness (QED) is 0.888. The summed E-state index contributed by atoms with van der Waals surface area (Å²) in [6, 6.07) is 7.99. The zero-order valence-electron chi connectivity index (χ0n) is 10.7. The lowest BCUT2D eigenvalue weighted by Gasteiger charge is -2.26. The summed E-state index contributed by atoms with van der Waals surface area (Å²) in [6.07, 6.45) is 5.31. The molecule has 0 atom stereocenters. The summed E-state index contributed by atoms with van der Waals surface area (Å²) in [4.78, 5) is 0. The number of rotatable bonds is 3. The van der Waals surface area contributed by atoms with E-state index in [9.17, 15) is 0 Å². The first-order valence-electron chi connectivity index (χ1n) is 6.62. The number of hydrogen-bond acceptors (Lipinski definition) is 2. The van der Waals surface area contributed by atoms with Crippen LogP contribution in [0.4, 0.5) is 5.69 Å². The monoisotopic (exact) mass is 306 g/mol. The van der Waals surface area contributed by atoms with Gasteiger partial charge >= 0.3 is 0 Å². The standard InChI is InChI=1S/C15H19BrN2/c1-11-2-4-12(5-3-11)10-18-15-8-14(16)7-6-13(15)9-17/h6-8,11-12,18H,2-5,10H2,1H3. The van der Waals surface area contributed by atoms with Crippen LogP contribution < -0.4 is 5.32 Å². The van der Waals surface area contributed by atoms with Gasteiger partial charge in [-0.15, -0.1) is 0 Å². The van der Waals surface area contributed by atoms with Crippen molar-refractivity contribution in [3.05, 3.63) is 28.2 Å². The summed E-state index contributed by atoms with van der Waals surface area (Å²) >= 11 is 3.45. The van der Waals surface area contributed by atoms with Gasteiger partial charge in [0.15, 0.2) is 0 Å². The second-order valence-corrected chi connectivity index (χ2v) is 6.22. The van der Waals surface area contributed by atoms with E-state index in [0.29, 0.717) is 0 Å². The van der Waals surface area contributed by atoms with E-state index in [0.717, 1.165) is 34.1 Å². The van der Waals surface area contributed by atoms with Crippen molar-refractivity contribution in [1.82, 2.24) is 0 Å². The smallest absolute Gasteiger partial charge is 0.101 e. The largest absolute Gasteiger partial charge is 0.384 e. The molecule has 0 heterocycles. The molecule has 0 amide bonds. The Bertz CT molecular complexity index is 442. The number of benzene rings is 1. The first-order valence-corrected chi connectivity index (χ1v) is 7.42. The second kappa shape index (κ2) is 6.24. The fourth-order valence-electron chi connectivity index (χ4n) is 2.55. The molecule has 0 saturated heterocycles. The minimum Gasteiger partial charge on any atom is -0.384 e. The highest BCUT2D eigenvalue weighted by molar-refractivity contribution is 9.10. The molecule has 1 aromatic rings. The summed E-state index contributed by atoms with van der Waals surface area (Å²) in [5, 5.41) is 12.5. The normalized spacial score (nSPS) is 23.4. The van der Waals surface area contributed by atoms with Crippen LogP contribution in [0.3, 0.4) is 0 Å². The Morgan fingerprint density at radius 3 is 2.72 bits per heavy atom. The Labute approximate surface area is 118 Å². The summed E-state index contributed by atoms with van der Waals surface area (Å²) < 4.78 is 1.02. The molecule has 1 aromatic carbocycles. The molecule has 2 rings (SSSR count). The van der Waals surface area contributed by atoms with Crippen LogP contribution in [0, 0.1) is 23.2 Å². The van der Waals surface area contributed by atoms with Crippen molar-refractivity contribution in [3.8, 4) is 6.07 Å². The molecule has 1 saturated carbocycles.